The number of methoxy groups -OCH3 is 1. The molecule has 0 saturated carbocycles. The van der Waals surface area contributed by atoms with E-state index in [4.69, 9.17) is 0 Å². The zero-order chi connectivity index (χ0) is 16.5. The Morgan fingerprint density at radius 1 is 0.909 bits per heavy atom. The van der Waals surface area contributed by atoms with Crippen molar-refractivity contribution in [3.63, 3.8) is 0 Å². The number of allylic oxidation sites excluding steroid dienone is 1. The molecule has 0 aliphatic carbocycles. The van der Waals surface area contributed by atoms with Crippen LogP contribution in [-0.2, 0) is 9.53 Å². The molecule has 0 aromatic heterocycles. The highest BCUT2D eigenvalue weighted by Crippen LogP contribution is 2.12. The Bertz CT molecular complexity index is 274. The maximum Gasteiger partial charge on any atom is 0.335 e. The highest BCUT2D eigenvalue weighted by atomic mass is 16.5. The fourth-order valence-electron chi connectivity index (χ4n) is 2.50. The number of carbonyl (C=O) groups excluding carboxylic acids is 1. The highest BCUT2D eigenvalue weighted by Gasteiger charge is 2.12. The molecule has 0 radical (unpaired) electrons. The number of carbonyl (C=O) groups is 1. The Balaban J connectivity index is 3.21. The number of hydrogen-bond acceptors (Lipinski definition) is 3. The molecule has 0 aliphatic rings. The van der Waals surface area contributed by atoms with Crippen LogP contribution >= 0.6 is 0 Å². The normalized spacial score (nSPS) is 12.7. The minimum Gasteiger partial charge on any atom is -0.467 e. The molecule has 0 saturated heterocycles. The molecule has 0 aromatic rings. The van der Waals surface area contributed by atoms with E-state index in [9.17, 15) is 9.90 Å². The van der Waals surface area contributed by atoms with Crippen LogP contribution < -0.4 is 0 Å². The van der Waals surface area contributed by atoms with Gasteiger partial charge in [0.2, 0.25) is 0 Å². The van der Waals surface area contributed by atoms with Gasteiger partial charge in [-0.15, -0.1) is 0 Å². The standard InChI is InChI=1S/C19H36O3/c1-3-4-5-6-7-8-9-10-11-12-13-14-15-16-17-18(20)19(21)22-2/h15-16,18,20H,3-14,17H2,1-2H3. The first kappa shape index (κ1) is 21.2. The number of aliphatic hydroxyl groups excluding tert-OH is 1. The summed E-state index contributed by atoms with van der Waals surface area (Å²) in [4.78, 5) is 11.0. The molecule has 0 fully saturated rings. The second-order valence-electron chi connectivity index (χ2n) is 6.07. The van der Waals surface area contributed by atoms with Gasteiger partial charge in [-0.2, -0.15) is 0 Å². The third kappa shape index (κ3) is 14.1. The predicted octanol–water partition coefficient (Wildman–Crippen LogP) is 5.17. The highest BCUT2D eigenvalue weighted by molar-refractivity contribution is 5.74. The average Bonchev–Trinajstić information content (AvgIpc) is 2.54. The molecule has 0 spiro atoms. The summed E-state index contributed by atoms with van der Waals surface area (Å²) < 4.78 is 4.46. The van der Waals surface area contributed by atoms with E-state index < -0.39 is 12.1 Å². The second kappa shape index (κ2) is 16.5. The van der Waals surface area contributed by atoms with Gasteiger partial charge in [0.15, 0.2) is 6.10 Å². The van der Waals surface area contributed by atoms with E-state index in [-0.39, 0.29) is 0 Å². The lowest BCUT2D eigenvalue weighted by Gasteiger charge is -2.04. The summed E-state index contributed by atoms with van der Waals surface area (Å²) in [6.45, 7) is 2.26. The number of hydrogen-bond donors (Lipinski definition) is 1. The number of ether oxygens (including phenoxy) is 1. The first-order valence-electron chi connectivity index (χ1n) is 9.13. The van der Waals surface area contributed by atoms with Gasteiger partial charge in [0.25, 0.3) is 0 Å². The molecule has 0 aromatic carbocycles. The molecule has 22 heavy (non-hydrogen) atoms. The lowest BCUT2D eigenvalue weighted by molar-refractivity contribution is -0.150. The van der Waals surface area contributed by atoms with Crippen molar-refractivity contribution in [1.82, 2.24) is 0 Å². The molecule has 3 nitrogen and oxygen atoms in total. The van der Waals surface area contributed by atoms with Crippen molar-refractivity contribution in [3.05, 3.63) is 12.2 Å². The van der Waals surface area contributed by atoms with Crippen LogP contribution in [0.1, 0.15) is 90.4 Å². The predicted molar refractivity (Wildman–Crippen MR) is 92.9 cm³/mol. The van der Waals surface area contributed by atoms with Gasteiger partial charge in [0.1, 0.15) is 0 Å². The molecular weight excluding hydrogens is 276 g/mol. The Labute approximate surface area is 137 Å². The van der Waals surface area contributed by atoms with Gasteiger partial charge in [-0.3, -0.25) is 0 Å². The molecular formula is C19H36O3. The third-order valence-electron chi connectivity index (χ3n) is 3.97. The molecule has 0 rings (SSSR count). The van der Waals surface area contributed by atoms with Crippen molar-refractivity contribution in [2.75, 3.05) is 7.11 Å². The van der Waals surface area contributed by atoms with E-state index in [1.165, 1.54) is 77.7 Å². The van der Waals surface area contributed by atoms with Crippen LogP contribution in [0.25, 0.3) is 0 Å². The van der Waals surface area contributed by atoms with E-state index >= 15 is 0 Å². The van der Waals surface area contributed by atoms with E-state index in [1.807, 2.05) is 6.08 Å². The molecule has 0 amide bonds. The zero-order valence-electron chi connectivity index (χ0n) is 14.7. The molecule has 0 bridgehead atoms. The summed E-state index contributed by atoms with van der Waals surface area (Å²) in [6.07, 6.45) is 19.2. The van der Waals surface area contributed by atoms with Crippen LogP contribution in [0.5, 0.6) is 0 Å². The maximum absolute atomic E-state index is 11.0. The second-order valence-corrected chi connectivity index (χ2v) is 6.07. The van der Waals surface area contributed by atoms with Crippen LogP contribution in [0.4, 0.5) is 0 Å². The summed E-state index contributed by atoms with van der Waals surface area (Å²) in [7, 11) is 1.29. The largest absolute Gasteiger partial charge is 0.467 e. The lowest BCUT2D eigenvalue weighted by Crippen LogP contribution is -2.20. The van der Waals surface area contributed by atoms with E-state index in [1.54, 1.807) is 0 Å². The van der Waals surface area contributed by atoms with Crippen LogP contribution in [0.15, 0.2) is 12.2 Å². The minimum atomic E-state index is -1.02. The molecule has 0 heterocycles. The lowest BCUT2D eigenvalue weighted by atomic mass is 10.1. The van der Waals surface area contributed by atoms with E-state index in [0.29, 0.717) is 6.42 Å². The monoisotopic (exact) mass is 312 g/mol. The van der Waals surface area contributed by atoms with Gasteiger partial charge < -0.3 is 9.84 Å². The van der Waals surface area contributed by atoms with Gasteiger partial charge in [0.05, 0.1) is 7.11 Å². The van der Waals surface area contributed by atoms with Gasteiger partial charge in [-0.1, -0.05) is 83.3 Å². The van der Waals surface area contributed by atoms with Gasteiger partial charge >= 0.3 is 5.97 Å². The summed E-state index contributed by atoms with van der Waals surface area (Å²) >= 11 is 0. The summed E-state index contributed by atoms with van der Waals surface area (Å²) in [5.74, 6) is -0.556. The average molecular weight is 312 g/mol. The number of esters is 1. The Kier molecular flexibility index (Phi) is 15.9. The van der Waals surface area contributed by atoms with Crippen molar-refractivity contribution in [2.45, 2.75) is 96.5 Å². The van der Waals surface area contributed by atoms with Gasteiger partial charge in [0, 0.05) is 6.42 Å². The number of unbranched alkanes of at least 4 members (excludes halogenated alkanes) is 11. The molecule has 1 atom stereocenters. The van der Waals surface area contributed by atoms with E-state index in [2.05, 4.69) is 17.7 Å². The Hall–Kier alpha value is -0.830. The quantitative estimate of drug-likeness (QED) is 0.258. The van der Waals surface area contributed by atoms with E-state index in [0.717, 1.165) is 6.42 Å². The Morgan fingerprint density at radius 3 is 1.91 bits per heavy atom. The fourth-order valence-corrected chi connectivity index (χ4v) is 2.50. The summed E-state index contributed by atoms with van der Waals surface area (Å²) in [5, 5.41) is 9.38. The SMILES string of the molecule is CCCCCCCCCCCCCC=CCC(O)C(=O)OC. The smallest absolute Gasteiger partial charge is 0.335 e. The molecule has 130 valence electrons. The van der Waals surface area contributed by atoms with Crippen LogP contribution in [0.3, 0.4) is 0 Å². The maximum atomic E-state index is 11.0. The minimum absolute atomic E-state index is 0.352. The van der Waals surface area contributed by atoms with Crippen molar-refractivity contribution >= 4 is 5.97 Å². The van der Waals surface area contributed by atoms with Crippen LogP contribution in [0, 0.1) is 0 Å². The molecule has 1 unspecified atom stereocenters. The summed E-state index contributed by atoms with van der Waals surface area (Å²) in [5.41, 5.74) is 0. The van der Waals surface area contributed by atoms with Crippen LogP contribution in [-0.4, -0.2) is 24.3 Å². The zero-order valence-corrected chi connectivity index (χ0v) is 14.7. The van der Waals surface area contributed by atoms with Crippen molar-refractivity contribution < 1.29 is 14.6 Å². The molecule has 3 heteroatoms. The van der Waals surface area contributed by atoms with Crippen molar-refractivity contribution in [1.29, 1.82) is 0 Å². The summed E-state index contributed by atoms with van der Waals surface area (Å²) in [6, 6.07) is 0. The molecule has 1 N–H and O–H groups in total. The number of rotatable bonds is 15. The Morgan fingerprint density at radius 2 is 1.41 bits per heavy atom. The van der Waals surface area contributed by atoms with Crippen molar-refractivity contribution in [2.24, 2.45) is 0 Å². The third-order valence-corrected chi connectivity index (χ3v) is 3.97. The first-order valence-corrected chi connectivity index (χ1v) is 9.13. The first-order chi connectivity index (χ1) is 10.7. The topological polar surface area (TPSA) is 46.5 Å². The fraction of sp³-hybridized carbons (Fsp3) is 0.842. The van der Waals surface area contributed by atoms with Crippen molar-refractivity contribution in [3.8, 4) is 0 Å². The van der Waals surface area contributed by atoms with Gasteiger partial charge in [-0.25, -0.2) is 4.79 Å². The molecule has 0 aliphatic heterocycles. The van der Waals surface area contributed by atoms with Crippen LogP contribution in [0.2, 0.25) is 0 Å². The number of aliphatic hydroxyl groups is 1. The van der Waals surface area contributed by atoms with Gasteiger partial charge in [-0.05, 0) is 12.8 Å².